The van der Waals surface area contributed by atoms with E-state index in [1.807, 2.05) is 19.3 Å². The second-order valence-electron chi connectivity index (χ2n) is 4.56. The highest BCUT2D eigenvalue weighted by Gasteiger charge is 2.12. The van der Waals surface area contributed by atoms with Crippen LogP contribution < -0.4 is 5.73 Å². The summed E-state index contributed by atoms with van der Waals surface area (Å²) in [6.45, 7) is 6.26. The van der Waals surface area contributed by atoms with E-state index in [2.05, 4.69) is 43.1 Å². The molecule has 0 aliphatic heterocycles. The Balaban J connectivity index is 2.44. The fourth-order valence-corrected chi connectivity index (χ4v) is 2.04. The van der Waals surface area contributed by atoms with E-state index in [-0.39, 0.29) is 6.04 Å². The van der Waals surface area contributed by atoms with E-state index in [1.54, 1.807) is 0 Å². The number of aromatic nitrogens is 1. The van der Waals surface area contributed by atoms with Crippen molar-refractivity contribution in [3.63, 3.8) is 0 Å². The Labute approximate surface area is 103 Å². The van der Waals surface area contributed by atoms with Gasteiger partial charge in [-0.1, -0.05) is 24.3 Å². The number of nitrogens with two attached hydrogens (primary N) is 1. The lowest BCUT2D eigenvalue weighted by Gasteiger charge is -2.16. The summed E-state index contributed by atoms with van der Waals surface area (Å²) in [7, 11) is 0. The van der Waals surface area contributed by atoms with Gasteiger partial charge in [-0.3, -0.25) is 4.98 Å². The molecule has 2 rings (SSSR count). The van der Waals surface area contributed by atoms with Crippen LogP contribution in [0.5, 0.6) is 0 Å². The first-order chi connectivity index (χ1) is 8.09. The van der Waals surface area contributed by atoms with Crippen molar-refractivity contribution in [1.82, 2.24) is 4.98 Å². The predicted molar refractivity (Wildman–Crippen MR) is 70.9 cm³/mol. The Morgan fingerprint density at radius 3 is 2.59 bits per heavy atom. The molecule has 1 aromatic carbocycles. The van der Waals surface area contributed by atoms with E-state index in [0.717, 1.165) is 11.1 Å². The number of rotatable bonds is 2. The van der Waals surface area contributed by atoms with Gasteiger partial charge in [0.25, 0.3) is 0 Å². The molecule has 0 aliphatic rings. The quantitative estimate of drug-likeness (QED) is 0.854. The van der Waals surface area contributed by atoms with Crippen molar-refractivity contribution in [2.75, 3.05) is 0 Å². The van der Waals surface area contributed by atoms with Crippen LogP contribution in [0.4, 0.5) is 0 Å². The van der Waals surface area contributed by atoms with Gasteiger partial charge in [-0.2, -0.15) is 0 Å². The van der Waals surface area contributed by atoms with Crippen molar-refractivity contribution in [2.24, 2.45) is 5.73 Å². The molecule has 2 heteroatoms. The highest BCUT2D eigenvalue weighted by molar-refractivity contribution is 5.40. The summed E-state index contributed by atoms with van der Waals surface area (Å²) in [5.74, 6) is 0. The lowest BCUT2D eigenvalue weighted by atomic mass is 9.94. The molecule has 2 N–H and O–H groups in total. The highest BCUT2D eigenvalue weighted by Crippen LogP contribution is 2.24. The zero-order valence-electron chi connectivity index (χ0n) is 10.6. The molecule has 17 heavy (non-hydrogen) atoms. The number of hydrogen-bond donors (Lipinski definition) is 1. The maximum atomic E-state index is 6.31. The summed E-state index contributed by atoms with van der Waals surface area (Å²) >= 11 is 0. The van der Waals surface area contributed by atoms with Gasteiger partial charge < -0.3 is 5.73 Å². The Bertz CT molecular complexity index is 532. The van der Waals surface area contributed by atoms with Crippen molar-refractivity contribution < 1.29 is 0 Å². The van der Waals surface area contributed by atoms with E-state index < -0.39 is 0 Å². The van der Waals surface area contributed by atoms with Gasteiger partial charge in [0, 0.05) is 12.4 Å². The molecule has 0 amide bonds. The largest absolute Gasteiger partial charge is 0.320 e. The lowest BCUT2D eigenvalue weighted by molar-refractivity contribution is 0.849. The van der Waals surface area contributed by atoms with Crippen LogP contribution in [0.1, 0.15) is 33.9 Å². The monoisotopic (exact) mass is 226 g/mol. The Hall–Kier alpha value is -1.67. The average molecular weight is 226 g/mol. The Morgan fingerprint density at radius 1 is 1.12 bits per heavy atom. The summed E-state index contributed by atoms with van der Waals surface area (Å²) < 4.78 is 0. The van der Waals surface area contributed by atoms with Crippen LogP contribution in [-0.4, -0.2) is 4.98 Å². The molecule has 0 saturated heterocycles. The second-order valence-corrected chi connectivity index (χ2v) is 4.56. The van der Waals surface area contributed by atoms with Crippen molar-refractivity contribution in [1.29, 1.82) is 0 Å². The molecule has 0 bridgehead atoms. The van der Waals surface area contributed by atoms with Gasteiger partial charge in [-0.25, -0.2) is 0 Å². The molecule has 1 heterocycles. The smallest absolute Gasteiger partial charge is 0.0569 e. The van der Waals surface area contributed by atoms with E-state index in [1.165, 1.54) is 16.7 Å². The van der Waals surface area contributed by atoms with Crippen LogP contribution in [0, 0.1) is 20.8 Å². The minimum atomic E-state index is -0.0951. The van der Waals surface area contributed by atoms with Crippen molar-refractivity contribution in [3.05, 3.63) is 64.5 Å². The Kier molecular flexibility index (Phi) is 3.25. The molecule has 1 aromatic heterocycles. The summed E-state index contributed by atoms with van der Waals surface area (Å²) in [4.78, 5) is 4.20. The van der Waals surface area contributed by atoms with Gasteiger partial charge in [0.15, 0.2) is 0 Å². The molecule has 1 unspecified atom stereocenters. The van der Waals surface area contributed by atoms with Crippen LogP contribution in [0.15, 0.2) is 36.7 Å². The van der Waals surface area contributed by atoms with E-state index in [9.17, 15) is 0 Å². The summed E-state index contributed by atoms with van der Waals surface area (Å²) in [5, 5.41) is 0. The second kappa shape index (κ2) is 4.68. The molecule has 0 radical (unpaired) electrons. The zero-order valence-corrected chi connectivity index (χ0v) is 10.6. The molecule has 88 valence electrons. The summed E-state index contributed by atoms with van der Waals surface area (Å²) in [6, 6.07) is 8.26. The van der Waals surface area contributed by atoms with E-state index in [4.69, 9.17) is 5.73 Å². The number of nitrogens with zero attached hydrogens (tertiary/aromatic N) is 1. The van der Waals surface area contributed by atoms with Gasteiger partial charge in [0.2, 0.25) is 0 Å². The highest BCUT2D eigenvalue weighted by atomic mass is 14.7. The number of benzene rings is 1. The molecule has 0 aliphatic carbocycles. The third-order valence-corrected chi connectivity index (χ3v) is 3.24. The molecule has 0 fully saturated rings. The van der Waals surface area contributed by atoms with Gasteiger partial charge >= 0.3 is 0 Å². The summed E-state index contributed by atoms with van der Waals surface area (Å²) in [5.41, 5.74) is 12.2. The first-order valence-electron chi connectivity index (χ1n) is 5.83. The van der Waals surface area contributed by atoms with Gasteiger partial charge in [0.05, 0.1) is 6.04 Å². The maximum Gasteiger partial charge on any atom is 0.0569 e. The minimum Gasteiger partial charge on any atom is -0.320 e. The van der Waals surface area contributed by atoms with Crippen molar-refractivity contribution in [2.45, 2.75) is 26.8 Å². The first kappa shape index (κ1) is 11.8. The van der Waals surface area contributed by atoms with Crippen LogP contribution in [0.2, 0.25) is 0 Å². The fraction of sp³-hybridized carbons (Fsp3) is 0.267. The van der Waals surface area contributed by atoms with Crippen molar-refractivity contribution in [3.8, 4) is 0 Å². The van der Waals surface area contributed by atoms with Gasteiger partial charge in [0.1, 0.15) is 0 Å². The minimum absolute atomic E-state index is 0.0951. The van der Waals surface area contributed by atoms with Crippen LogP contribution in [0.3, 0.4) is 0 Å². The first-order valence-corrected chi connectivity index (χ1v) is 5.83. The maximum absolute atomic E-state index is 6.31. The molecule has 1 atom stereocenters. The number of hydrogen-bond acceptors (Lipinski definition) is 2. The average Bonchev–Trinajstić information content (AvgIpc) is 2.32. The molecule has 0 spiro atoms. The molecular formula is C15H18N2. The van der Waals surface area contributed by atoms with Gasteiger partial charge in [-0.05, 0) is 48.6 Å². The van der Waals surface area contributed by atoms with E-state index >= 15 is 0 Å². The van der Waals surface area contributed by atoms with Crippen LogP contribution in [-0.2, 0) is 0 Å². The SMILES string of the molecule is Cc1cncc(C(N)c2cccc(C)c2C)c1. The predicted octanol–water partition coefficient (Wildman–Crippen LogP) is 3.05. The normalized spacial score (nSPS) is 12.5. The zero-order chi connectivity index (χ0) is 12.4. The van der Waals surface area contributed by atoms with E-state index in [0.29, 0.717) is 0 Å². The standard InChI is InChI=1S/C15H18N2/c1-10-7-13(9-17-8-10)15(16)14-6-4-5-11(2)12(14)3/h4-9,15H,16H2,1-3H3. The fourth-order valence-electron chi connectivity index (χ4n) is 2.04. The summed E-state index contributed by atoms with van der Waals surface area (Å²) in [6.07, 6.45) is 3.69. The topological polar surface area (TPSA) is 38.9 Å². The number of aryl methyl sites for hydroxylation is 2. The third-order valence-electron chi connectivity index (χ3n) is 3.24. The van der Waals surface area contributed by atoms with Gasteiger partial charge in [-0.15, -0.1) is 0 Å². The molecule has 2 nitrogen and oxygen atoms in total. The van der Waals surface area contributed by atoms with Crippen molar-refractivity contribution >= 4 is 0 Å². The third kappa shape index (κ3) is 2.37. The van der Waals surface area contributed by atoms with Crippen LogP contribution >= 0.6 is 0 Å². The molecule has 2 aromatic rings. The number of pyridine rings is 1. The molecule has 0 saturated carbocycles. The molecular weight excluding hydrogens is 208 g/mol. The van der Waals surface area contributed by atoms with Crippen LogP contribution in [0.25, 0.3) is 0 Å². The Morgan fingerprint density at radius 2 is 1.88 bits per heavy atom. The lowest BCUT2D eigenvalue weighted by Crippen LogP contribution is -2.14.